The van der Waals surface area contributed by atoms with Gasteiger partial charge in [0, 0.05) is 12.3 Å². The number of aliphatic hydroxyl groups is 2. The van der Waals surface area contributed by atoms with E-state index in [1.54, 1.807) is 18.2 Å². The summed E-state index contributed by atoms with van der Waals surface area (Å²) in [4.78, 5) is 37.3. The number of para-hydroxylation sites is 1. The van der Waals surface area contributed by atoms with Crippen LogP contribution in [0.15, 0.2) is 52.2 Å². The number of aromatic nitrogens is 2. The number of esters is 1. The average molecular weight is 499 g/mol. The maximum atomic E-state index is 13.6. The van der Waals surface area contributed by atoms with Crippen molar-refractivity contribution < 1.29 is 38.1 Å². The van der Waals surface area contributed by atoms with E-state index in [0.717, 1.165) is 23.9 Å². The predicted octanol–water partition coefficient (Wildman–Crippen LogP) is -0.101. The summed E-state index contributed by atoms with van der Waals surface area (Å²) in [6, 6.07) is 8.01. The fourth-order valence-corrected chi connectivity index (χ4v) is 5.07. The molecule has 14 heteroatoms. The molecule has 1 aliphatic rings. The lowest BCUT2D eigenvalue weighted by Gasteiger charge is -2.28. The molecule has 0 spiro atoms. The number of H-pyrrole nitrogens is 1. The number of methoxy groups -OCH3 is 1. The van der Waals surface area contributed by atoms with Gasteiger partial charge in [-0.05, 0) is 26.0 Å². The van der Waals surface area contributed by atoms with E-state index in [0.29, 0.717) is 0 Å². The lowest BCUT2D eigenvalue weighted by atomic mass is 10.1. The Kier molecular flexibility index (Phi) is 8.08. The Bertz CT molecular complexity index is 1150. The first kappa shape index (κ1) is 25.8. The second-order valence-corrected chi connectivity index (χ2v) is 9.22. The summed E-state index contributed by atoms with van der Waals surface area (Å²) in [6.07, 6.45) is -5.80. The van der Waals surface area contributed by atoms with Crippen molar-refractivity contribution in [2.45, 2.75) is 50.5 Å². The minimum Gasteiger partial charge on any atom is -0.468 e. The van der Waals surface area contributed by atoms with Crippen LogP contribution in [-0.2, 0) is 23.4 Å². The number of benzene rings is 1. The number of carbonyl (C=O) groups excluding carboxylic acids is 1. The van der Waals surface area contributed by atoms with E-state index >= 15 is 0 Å². The topological polar surface area (TPSA) is 178 Å². The van der Waals surface area contributed by atoms with Gasteiger partial charge in [0.05, 0.1) is 13.2 Å². The molecule has 0 radical (unpaired) electrons. The van der Waals surface area contributed by atoms with E-state index in [-0.39, 0.29) is 5.75 Å². The molecular weight excluding hydrogens is 473 g/mol. The number of hydrogen-bond donors (Lipinski definition) is 4. The van der Waals surface area contributed by atoms with E-state index in [1.165, 1.54) is 26.0 Å². The largest absolute Gasteiger partial charge is 0.468 e. The third-order valence-corrected chi connectivity index (χ3v) is 6.81. The highest BCUT2D eigenvalue weighted by Gasteiger charge is 2.49. The van der Waals surface area contributed by atoms with Crippen LogP contribution in [0.4, 0.5) is 0 Å². The second kappa shape index (κ2) is 10.6. The summed E-state index contributed by atoms with van der Waals surface area (Å²) in [7, 11) is -3.10. The first-order chi connectivity index (χ1) is 16.0. The Hall–Kier alpha value is -2.80. The predicted molar refractivity (Wildman–Crippen MR) is 117 cm³/mol. The molecule has 1 saturated heterocycles. The van der Waals surface area contributed by atoms with Gasteiger partial charge < -0.3 is 24.2 Å². The van der Waals surface area contributed by atoms with Crippen molar-refractivity contribution in [1.29, 1.82) is 0 Å². The number of nitrogens with one attached hydrogen (secondary N) is 2. The van der Waals surface area contributed by atoms with Crippen LogP contribution >= 0.6 is 7.75 Å². The molecule has 2 heterocycles. The Morgan fingerprint density at radius 1 is 1.18 bits per heavy atom. The summed E-state index contributed by atoms with van der Waals surface area (Å²) in [6.45, 7) is 2.80. The highest BCUT2D eigenvalue weighted by molar-refractivity contribution is 7.52. The van der Waals surface area contributed by atoms with E-state index in [2.05, 4.69) is 9.82 Å². The zero-order chi connectivity index (χ0) is 25.0. The SMILES string of the molecule is COC(=O)[C@H](C)NP(=O)(Oc1ccccc1)O[C@H](C)[C@H]1O[C@@H](n2ccc(=O)[nH]c2=O)[C@@H](O)[C@@H]1O. The smallest absolute Gasteiger partial charge is 0.459 e. The molecule has 0 amide bonds. The molecule has 1 aromatic carbocycles. The van der Waals surface area contributed by atoms with Gasteiger partial charge in [-0.1, -0.05) is 18.2 Å². The van der Waals surface area contributed by atoms with Gasteiger partial charge in [0.15, 0.2) is 6.23 Å². The molecule has 34 heavy (non-hydrogen) atoms. The van der Waals surface area contributed by atoms with Crippen molar-refractivity contribution in [2.75, 3.05) is 7.11 Å². The van der Waals surface area contributed by atoms with E-state index in [4.69, 9.17) is 13.8 Å². The van der Waals surface area contributed by atoms with Gasteiger partial charge in [-0.3, -0.25) is 23.7 Å². The number of carbonyl (C=O) groups is 1. The minimum absolute atomic E-state index is 0.174. The number of rotatable bonds is 9. The van der Waals surface area contributed by atoms with E-state index < -0.39 is 61.7 Å². The van der Waals surface area contributed by atoms with E-state index in [9.17, 15) is 29.2 Å². The lowest BCUT2D eigenvalue weighted by Crippen LogP contribution is -2.41. The van der Waals surface area contributed by atoms with Gasteiger partial charge in [-0.25, -0.2) is 9.36 Å². The second-order valence-electron chi connectivity index (χ2n) is 7.58. The number of ether oxygens (including phenoxy) is 2. The van der Waals surface area contributed by atoms with Crippen molar-refractivity contribution in [3.8, 4) is 5.75 Å². The van der Waals surface area contributed by atoms with Crippen LogP contribution in [0.25, 0.3) is 0 Å². The Morgan fingerprint density at radius 2 is 1.85 bits per heavy atom. The van der Waals surface area contributed by atoms with Crippen LogP contribution in [0.3, 0.4) is 0 Å². The molecule has 1 aliphatic heterocycles. The molecule has 0 saturated carbocycles. The van der Waals surface area contributed by atoms with Crippen LogP contribution in [-0.4, -0.2) is 63.3 Å². The number of aliphatic hydroxyl groups excluding tert-OH is 2. The van der Waals surface area contributed by atoms with Crippen LogP contribution in [0.2, 0.25) is 0 Å². The molecule has 4 N–H and O–H groups in total. The maximum absolute atomic E-state index is 13.6. The van der Waals surface area contributed by atoms with Crippen LogP contribution in [0.5, 0.6) is 5.75 Å². The average Bonchev–Trinajstić information content (AvgIpc) is 3.08. The Morgan fingerprint density at radius 3 is 2.47 bits per heavy atom. The number of aromatic amines is 1. The summed E-state index contributed by atoms with van der Waals surface area (Å²) >= 11 is 0. The monoisotopic (exact) mass is 499 g/mol. The summed E-state index contributed by atoms with van der Waals surface area (Å²) in [5.41, 5.74) is -1.50. The van der Waals surface area contributed by atoms with Crippen LogP contribution in [0, 0.1) is 0 Å². The number of hydrogen-bond acceptors (Lipinski definition) is 10. The van der Waals surface area contributed by atoms with Crippen LogP contribution < -0.4 is 20.9 Å². The zero-order valence-electron chi connectivity index (χ0n) is 18.6. The molecule has 3 rings (SSSR count). The van der Waals surface area contributed by atoms with Gasteiger partial charge in [-0.2, -0.15) is 5.09 Å². The minimum atomic E-state index is -4.27. The summed E-state index contributed by atoms with van der Waals surface area (Å²) in [5, 5.41) is 23.5. The highest BCUT2D eigenvalue weighted by Crippen LogP contribution is 2.47. The summed E-state index contributed by atoms with van der Waals surface area (Å²) in [5.74, 6) is -0.550. The first-order valence-corrected chi connectivity index (χ1v) is 11.8. The van der Waals surface area contributed by atoms with Gasteiger partial charge in [-0.15, -0.1) is 0 Å². The molecule has 1 unspecified atom stereocenters. The fourth-order valence-electron chi connectivity index (χ4n) is 3.38. The molecule has 1 aromatic heterocycles. The molecule has 2 aromatic rings. The molecule has 7 atom stereocenters. The molecule has 0 bridgehead atoms. The highest BCUT2D eigenvalue weighted by atomic mass is 31.2. The fraction of sp³-hybridized carbons (Fsp3) is 0.450. The van der Waals surface area contributed by atoms with Crippen molar-refractivity contribution in [2.24, 2.45) is 0 Å². The molecule has 1 fully saturated rings. The molecule has 13 nitrogen and oxygen atoms in total. The first-order valence-electron chi connectivity index (χ1n) is 10.3. The molecule has 0 aliphatic carbocycles. The van der Waals surface area contributed by atoms with E-state index in [1.807, 2.05) is 4.98 Å². The number of nitrogens with zero attached hydrogens (tertiary/aromatic N) is 1. The van der Waals surface area contributed by atoms with Crippen molar-refractivity contribution in [1.82, 2.24) is 14.6 Å². The Balaban J connectivity index is 1.82. The van der Waals surface area contributed by atoms with Crippen molar-refractivity contribution in [3.63, 3.8) is 0 Å². The van der Waals surface area contributed by atoms with Crippen molar-refractivity contribution in [3.05, 3.63) is 63.4 Å². The zero-order valence-corrected chi connectivity index (χ0v) is 19.5. The Labute approximate surface area is 193 Å². The third kappa shape index (κ3) is 5.81. The summed E-state index contributed by atoms with van der Waals surface area (Å²) < 4.78 is 35.9. The lowest BCUT2D eigenvalue weighted by molar-refractivity contribution is -0.142. The molecule has 186 valence electrons. The van der Waals surface area contributed by atoms with Gasteiger partial charge >= 0.3 is 19.4 Å². The van der Waals surface area contributed by atoms with Crippen LogP contribution in [0.1, 0.15) is 20.1 Å². The van der Waals surface area contributed by atoms with Gasteiger partial charge in [0.2, 0.25) is 0 Å². The quantitative estimate of drug-likeness (QED) is 0.267. The normalized spacial score (nSPS) is 25.8. The van der Waals surface area contributed by atoms with Gasteiger partial charge in [0.1, 0.15) is 30.1 Å². The van der Waals surface area contributed by atoms with Gasteiger partial charge in [0.25, 0.3) is 5.56 Å². The standard InChI is InChI=1S/C20H26N3O10P/c1-11(19(27)30-3)22-34(29,33-13-7-5-4-6-8-13)32-12(2)17-15(25)16(26)18(31-17)23-10-9-14(24)21-20(23)28/h4-12,15-18,25-26H,1-3H3,(H,22,29)(H,21,24,28)/t11-,12+,15-,16-,17+,18+,34?/m0/s1. The van der Waals surface area contributed by atoms with Crippen molar-refractivity contribution >= 4 is 13.7 Å². The molecular formula is C20H26N3O10P. The maximum Gasteiger partial charge on any atom is 0.459 e. The third-order valence-electron chi connectivity index (χ3n) is 5.04.